The van der Waals surface area contributed by atoms with Gasteiger partial charge in [-0.1, -0.05) is 30.3 Å². The Morgan fingerprint density at radius 1 is 1.21 bits per heavy atom. The van der Waals surface area contributed by atoms with Crippen molar-refractivity contribution in [1.82, 2.24) is 25.1 Å². The summed E-state index contributed by atoms with van der Waals surface area (Å²) in [6, 6.07) is 12.2. The van der Waals surface area contributed by atoms with Crippen molar-refractivity contribution in [2.45, 2.75) is 38.8 Å². The van der Waals surface area contributed by atoms with Crippen LogP contribution in [0.15, 0.2) is 36.5 Å². The number of nitrogens with zero attached hydrogens (tertiary/aromatic N) is 6. The summed E-state index contributed by atoms with van der Waals surface area (Å²) in [7, 11) is 0. The first-order chi connectivity index (χ1) is 16.5. The molecule has 0 unspecified atom stereocenters. The molecule has 1 atom stereocenters. The monoisotopic (exact) mass is 465 g/mol. The zero-order valence-corrected chi connectivity index (χ0v) is 19.7. The van der Waals surface area contributed by atoms with E-state index in [9.17, 15) is 9.18 Å². The molecular weight excluding hydrogens is 433 g/mol. The van der Waals surface area contributed by atoms with Gasteiger partial charge in [-0.2, -0.15) is 10.2 Å². The second kappa shape index (κ2) is 11.3. The van der Waals surface area contributed by atoms with Gasteiger partial charge in [-0.05, 0) is 50.8 Å². The molecule has 2 saturated heterocycles. The van der Waals surface area contributed by atoms with E-state index in [1.165, 1.54) is 18.4 Å². The normalized spacial score (nSPS) is 19.6. The van der Waals surface area contributed by atoms with E-state index in [1.807, 2.05) is 16.7 Å². The maximum atomic E-state index is 13.5. The van der Waals surface area contributed by atoms with Crippen LogP contribution in [0.1, 0.15) is 37.4 Å². The summed E-state index contributed by atoms with van der Waals surface area (Å²) in [5.74, 6) is 0.245. The van der Waals surface area contributed by atoms with E-state index in [0.29, 0.717) is 38.0 Å². The van der Waals surface area contributed by atoms with Gasteiger partial charge in [0.25, 0.3) is 0 Å². The van der Waals surface area contributed by atoms with Crippen LogP contribution in [-0.4, -0.2) is 71.1 Å². The van der Waals surface area contributed by atoms with Gasteiger partial charge in [0.15, 0.2) is 11.5 Å². The molecule has 0 bridgehead atoms. The molecule has 2 aromatic rings. The molecule has 34 heavy (non-hydrogen) atoms. The Morgan fingerprint density at radius 3 is 2.68 bits per heavy atom. The first kappa shape index (κ1) is 23.9. The highest BCUT2D eigenvalue weighted by atomic mass is 19.1. The van der Waals surface area contributed by atoms with E-state index in [0.717, 1.165) is 32.3 Å². The van der Waals surface area contributed by atoms with Crippen LogP contribution in [0.2, 0.25) is 0 Å². The van der Waals surface area contributed by atoms with Gasteiger partial charge in [0.05, 0.1) is 6.20 Å². The molecule has 2 fully saturated rings. The fourth-order valence-corrected chi connectivity index (χ4v) is 4.79. The maximum Gasteiger partial charge on any atom is 0.317 e. The second-order valence-electron chi connectivity index (χ2n) is 9.19. The predicted octanol–water partition coefficient (Wildman–Crippen LogP) is 3.01. The number of amides is 2. The standard InChI is InChI=1S/C25H32FN7O/c1-19-17-32(24-29-16-22(26)23(15-27)30-24)13-14-33(19)25(34)28-10-7-20-8-11-31(12-9-20)18-21-5-3-2-4-6-21/h2-6,16,19-20H,7-14,17-18H2,1H3,(H,28,34)/t19-/m1/s1. The molecule has 1 aromatic carbocycles. The van der Waals surface area contributed by atoms with Crippen LogP contribution in [0.3, 0.4) is 0 Å². The van der Waals surface area contributed by atoms with Gasteiger partial charge in [0, 0.05) is 38.8 Å². The minimum absolute atomic E-state index is 0.0471. The first-order valence-electron chi connectivity index (χ1n) is 12.0. The van der Waals surface area contributed by atoms with Crippen molar-refractivity contribution in [1.29, 1.82) is 5.26 Å². The van der Waals surface area contributed by atoms with E-state index in [1.54, 1.807) is 6.07 Å². The largest absolute Gasteiger partial charge is 0.338 e. The molecule has 8 nitrogen and oxygen atoms in total. The molecule has 1 N–H and O–H groups in total. The van der Waals surface area contributed by atoms with Gasteiger partial charge in [0.1, 0.15) is 6.07 Å². The van der Waals surface area contributed by atoms with Crippen molar-refractivity contribution >= 4 is 12.0 Å². The molecule has 9 heteroatoms. The smallest absolute Gasteiger partial charge is 0.317 e. The van der Waals surface area contributed by atoms with Crippen molar-refractivity contribution in [2.75, 3.05) is 44.2 Å². The third-order valence-corrected chi connectivity index (χ3v) is 6.79. The number of rotatable bonds is 6. The number of likely N-dealkylation sites (tertiary alicyclic amines) is 1. The van der Waals surface area contributed by atoms with Gasteiger partial charge in [-0.25, -0.2) is 14.2 Å². The number of carbonyl (C=O) groups is 1. The van der Waals surface area contributed by atoms with Crippen LogP contribution in [0, 0.1) is 23.1 Å². The number of piperidine rings is 1. The summed E-state index contributed by atoms with van der Waals surface area (Å²) < 4.78 is 13.5. The lowest BCUT2D eigenvalue weighted by Gasteiger charge is -2.39. The van der Waals surface area contributed by atoms with Crippen LogP contribution in [0.5, 0.6) is 0 Å². The number of halogens is 1. The summed E-state index contributed by atoms with van der Waals surface area (Å²) in [6.45, 7) is 7.46. The highest BCUT2D eigenvalue weighted by molar-refractivity contribution is 5.74. The number of piperazine rings is 1. The van der Waals surface area contributed by atoms with E-state index >= 15 is 0 Å². The molecule has 3 heterocycles. The maximum absolute atomic E-state index is 13.5. The highest BCUT2D eigenvalue weighted by Crippen LogP contribution is 2.22. The fourth-order valence-electron chi connectivity index (χ4n) is 4.79. The number of nitriles is 1. The Morgan fingerprint density at radius 2 is 1.97 bits per heavy atom. The summed E-state index contributed by atoms with van der Waals surface area (Å²) in [5, 5.41) is 12.1. The fraction of sp³-hybridized carbons (Fsp3) is 0.520. The lowest BCUT2D eigenvalue weighted by atomic mass is 9.93. The molecule has 2 aliphatic heterocycles. The van der Waals surface area contributed by atoms with Crippen molar-refractivity contribution in [3.05, 3.63) is 53.6 Å². The van der Waals surface area contributed by atoms with Gasteiger partial charge < -0.3 is 15.1 Å². The highest BCUT2D eigenvalue weighted by Gasteiger charge is 2.29. The van der Waals surface area contributed by atoms with Crippen LogP contribution in [0.4, 0.5) is 15.1 Å². The zero-order valence-electron chi connectivity index (χ0n) is 19.7. The number of hydrogen-bond acceptors (Lipinski definition) is 6. The van der Waals surface area contributed by atoms with Crippen molar-refractivity contribution in [3.63, 3.8) is 0 Å². The summed E-state index contributed by atoms with van der Waals surface area (Å²) in [4.78, 5) is 27.0. The quantitative estimate of drug-likeness (QED) is 0.706. The summed E-state index contributed by atoms with van der Waals surface area (Å²) >= 11 is 0. The van der Waals surface area contributed by atoms with E-state index in [2.05, 4.69) is 50.5 Å². The molecule has 0 saturated carbocycles. The van der Waals surface area contributed by atoms with E-state index in [-0.39, 0.29) is 17.8 Å². The molecule has 2 aliphatic rings. The van der Waals surface area contributed by atoms with Gasteiger partial charge in [-0.3, -0.25) is 4.90 Å². The molecule has 1 aromatic heterocycles. The predicted molar refractivity (Wildman–Crippen MR) is 128 cm³/mol. The van der Waals surface area contributed by atoms with Gasteiger partial charge in [-0.15, -0.1) is 0 Å². The number of hydrogen-bond donors (Lipinski definition) is 1. The average molecular weight is 466 g/mol. The molecule has 180 valence electrons. The Hall–Kier alpha value is -3.25. The Labute approximate surface area is 200 Å². The number of nitrogens with one attached hydrogen (secondary N) is 1. The minimum atomic E-state index is -0.723. The minimum Gasteiger partial charge on any atom is -0.338 e. The molecule has 4 rings (SSSR count). The van der Waals surface area contributed by atoms with Crippen LogP contribution in [0.25, 0.3) is 0 Å². The van der Waals surface area contributed by atoms with Crippen molar-refractivity contribution in [3.8, 4) is 6.07 Å². The lowest BCUT2D eigenvalue weighted by Crippen LogP contribution is -2.57. The SMILES string of the molecule is C[C@@H]1CN(c2ncc(F)c(C#N)n2)CCN1C(=O)NCCC1CCN(Cc2ccccc2)CC1. The number of urea groups is 1. The summed E-state index contributed by atoms with van der Waals surface area (Å²) in [6.07, 6.45) is 4.36. The van der Waals surface area contributed by atoms with E-state index < -0.39 is 5.82 Å². The van der Waals surface area contributed by atoms with Gasteiger partial charge in [0.2, 0.25) is 5.95 Å². The lowest BCUT2D eigenvalue weighted by molar-refractivity contribution is 0.162. The Kier molecular flexibility index (Phi) is 7.91. The topological polar surface area (TPSA) is 88.4 Å². The van der Waals surface area contributed by atoms with Crippen LogP contribution in [-0.2, 0) is 6.54 Å². The third kappa shape index (κ3) is 6.00. The Balaban J connectivity index is 1.17. The third-order valence-electron chi connectivity index (χ3n) is 6.79. The number of carbonyl (C=O) groups excluding carboxylic acids is 1. The van der Waals surface area contributed by atoms with Crippen molar-refractivity contribution < 1.29 is 9.18 Å². The number of anilines is 1. The molecular formula is C25H32FN7O. The van der Waals surface area contributed by atoms with Crippen LogP contribution < -0.4 is 10.2 Å². The Bertz CT molecular complexity index is 1000. The average Bonchev–Trinajstić information content (AvgIpc) is 2.86. The molecule has 0 aliphatic carbocycles. The summed E-state index contributed by atoms with van der Waals surface area (Å²) in [5.41, 5.74) is 1.10. The van der Waals surface area contributed by atoms with Gasteiger partial charge >= 0.3 is 6.03 Å². The molecule has 2 amide bonds. The number of aromatic nitrogens is 2. The van der Waals surface area contributed by atoms with Crippen LogP contribution >= 0.6 is 0 Å². The molecule has 0 radical (unpaired) electrons. The van der Waals surface area contributed by atoms with E-state index in [4.69, 9.17) is 5.26 Å². The number of benzene rings is 1. The molecule has 0 spiro atoms. The zero-order chi connectivity index (χ0) is 23.9. The van der Waals surface area contributed by atoms with Crippen molar-refractivity contribution in [2.24, 2.45) is 5.92 Å². The first-order valence-corrected chi connectivity index (χ1v) is 12.0. The second-order valence-corrected chi connectivity index (χ2v) is 9.19.